The van der Waals surface area contributed by atoms with Crippen molar-refractivity contribution in [2.24, 2.45) is 0 Å². The second-order valence-corrected chi connectivity index (χ2v) is 11.9. The summed E-state index contributed by atoms with van der Waals surface area (Å²) in [6.07, 6.45) is 3.15. The molecule has 1 atom stereocenters. The van der Waals surface area contributed by atoms with E-state index in [0.29, 0.717) is 18.7 Å². The van der Waals surface area contributed by atoms with Crippen LogP contribution in [0.5, 0.6) is 0 Å². The van der Waals surface area contributed by atoms with Crippen molar-refractivity contribution in [1.82, 2.24) is 10.2 Å². The number of benzene rings is 3. The van der Waals surface area contributed by atoms with Gasteiger partial charge >= 0.3 is 0 Å². The monoisotopic (exact) mass is 549 g/mol. The summed E-state index contributed by atoms with van der Waals surface area (Å²) < 4.78 is 27.0. The SMILES string of the molecule is CCCCNC(=O)C(Cc1ccccc1)N(Cc1ccccc1)C(=O)CN(c1cc(C)cc(C)c1)S(C)(=O)=O. The molecule has 3 aromatic rings. The fraction of sp³-hybridized carbons (Fsp3) is 0.355. The Morgan fingerprint density at radius 3 is 1.97 bits per heavy atom. The fourth-order valence-corrected chi connectivity index (χ4v) is 5.38. The summed E-state index contributed by atoms with van der Waals surface area (Å²) in [5.41, 5.74) is 3.97. The van der Waals surface area contributed by atoms with E-state index in [1.165, 1.54) is 4.90 Å². The van der Waals surface area contributed by atoms with Crippen LogP contribution in [0.3, 0.4) is 0 Å². The van der Waals surface area contributed by atoms with Gasteiger partial charge in [-0.3, -0.25) is 13.9 Å². The normalized spacial score (nSPS) is 12.0. The van der Waals surface area contributed by atoms with Gasteiger partial charge in [0.2, 0.25) is 21.8 Å². The number of nitrogens with one attached hydrogen (secondary N) is 1. The average molecular weight is 550 g/mol. The third-order valence-corrected chi connectivity index (χ3v) is 7.61. The second-order valence-electron chi connectivity index (χ2n) is 9.97. The van der Waals surface area contributed by atoms with Crippen molar-refractivity contribution < 1.29 is 18.0 Å². The number of sulfonamides is 1. The Balaban J connectivity index is 2.03. The first-order chi connectivity index (χ1) is 18.6. The fourth-order valence-electron chi connectivity index (χ4n) is 4.55. The van der Waals surface area contributed by atoms with Crippen LogP contribution in [0.4, 0.5) is 5.69 Å². The number of rotatable bonds is 13. The molecule has 0 saturated heterocycles. The van der Waals surface area contributed by atoms with Gasteiger partial charge < -0.3 is 10.2 Å². The Hall–Kier alpha value is -3.65. The highest BCUT2D eigenvalue weighted by Gasteiger charge is 2.33. The van der Waals surface area contributed by atoms with Gasteiger partial charge in [-0.15, -0.1) is 0 Å². The van der Waals surface area contributed by atoms with E-state index in [9.17, 15) is 18.0 Å². The van der Waals surface area contributed by atoms with Gasteiger partial charge in [-0.05, 0) is 54.7 Å². The zero-order chi connectivity index (χ0) is 28.4. The first kappa shape index (κ1) is 29.9. The molecule has 3 aromatic carbocycles. The minimum atomic E-state index is -3.79. The van der Waals surface area contributed by atoms with Crippen LogP contribution >= 0.6 is 0 Å². The maximum absolute atomic E-state index is 14.1. The van der Waals surface area contributed by atoms with Crippen molar-refractivity contribution in [1.29, 1.82) is 0 Å². The molecule has 0 saturated carbocycles. The van der Waals surface area contributed by atoms with Crippen LogP contribution in [0.25, 0.3) is 0 Å². The molecular formula is C31H39N3O4S. The van der Waals surface area contributed by atoms with Crippen LogP contribution in [-0.4, -0.2) is 50.5 Å². The van der Waals surface area contributed by atoms with Crippen molar-refractivity contribution >= 4 is 27.5 Å². The number of aryl methyl sites for hydroxylation is 2. The number of anilines is 1. The van der Waals surface area contributed by atoms with Gasteiger partial charge in [0.25, 0.3) is 0 Å². The molecule has 1 unspecified atom stereocenters. The molecule has 0 aliphatic rings. The van der Waals surface area contributed by atoms with Gasteiger partial charge in [-0.1, -0.05) is 80.1 Å². The summed E-state index contributed by atoms with van der Waals surface area (Å²) in [7, 11) is -3.79. The Morgan fingerprint density at radius 1 is 0.872 bits per heavy atom. The predicted octanol–water partition coefficient (Wildman–Crippen LogP) is 4.63. The quantitative estimate of drug-likeness (QED) is 0.315. The lowest BCUT2D eigenvalue weighted by Gasteiger charge is -2.33. The van der Waals surface area contributed by atoms with Crippen LogP contribution < -0.4 is 9.62 Å². The molecule has 0 aromatic heterocycles. The van der Waals surface area contributed by atoms with E-state index in [0.717, 1.165) is 45.7 Å². The van der Waals surface area contributed by atoms with E-state index in [-0.39, 0.29) is 12.5 Å². The molecule has 7 nitrogen and oxygen atoms in total. The van der Waals surface area contributed by atoms with Crippen LogP contribution in [0.15, 0.2) is 78.9 Å². The molecule has 0 aliphatic carbocycles. The van der Waals surface area contributed by atoms with Gasteiger partial charge in [-0.25, -0.2) is 8.42 Å². The number of amides is 2. The molecule has 39 heavy (non-hydrogen) atoms. The number of carbonyl (C=O) groups excluding carboxylic acids is 2. The third-order valence-electron chi connectivity index (χ3n) is 6.47. The summed E-state index contributed by atoms with van der Waals surface area (Å²) in [5.74, 6) is -0.705. The summed E-state index contributed by atoms with van der Waals surface area (Å²) in [4.78, 5) is 29.1. The summed E-state index contributed by atoms with van der Waals surface area (Å²) in [5, 5.41) is 2.99. The average Bonchev–Trinajstić information content (AvgIpc) is 2.89. The Bertz CT molecular complexity index is 1320. The summed E-state index contributed by atoms with van der Waals surface area (Å²) in [6, 6.07) is 23.6. The maximum Gasteiger partial charge on any atom is 0.244 e. The van der Waals surface area contributed by atoms with E-state index in [1.807, 2.05) is 87.5 Å². The van der Waals surface area contributed by atoms with E-state index in [1.54, 1.807) is 12.1 Å². The van der Waals surface area contributed by atoms with Crippen molar-refractivity contribution in [3.8, 4) is 0 Å². The van der Waals surface area contributed by atoms with E-state index < -0.39 is 28.5 Å². The summed E-state index contributed by atoms with van der Waals surface area (Å²) in [6.45, 7) is 6.08. The Labute approximate surface area is 232 Å². The van der Waals surface area contributed by atoms with Gasteiger partial charge in [0.05, 0.1) is 11.9 Å². The third kappa shape index (κ3) is 8.96. The molecule has 8 heteroatoms. The van der Waals surface area contributed by atoms with Crippen LogP contribution in [-0.2, 0) is 32.6 Å². The highest BCUT2D eigenvalue weighted by atomic mass is 32.2. The van der Waals surface area contributed by atoms with E-state index in [2.05, 4.69) is 5.32 Å². The predicted molar refractivity (Wildman–Crippen MR) is 157 cm³/mol. The molecular weight excluding hydrogens is 510 g/mol. The topological polar surface area (TPSA) is 86.8 Å². The Morgan fingerprint density at radius 2 is 1.44 bits per heavy atom. The number of hydrogen-bond donors (Lipinski definition) is 1. The molecule has 3 rings (SSSR count). The van der Waals surface area contributed by atoms with Crippen molar-refractivity contribution in [2.75, 3.05) is 23.7 Å². The minimum Gasteiger partial charge on any atom is -0.354 e. The standard InChI is InChI=1S/C31H39N3O4S/c1-5-6-17-32-31(36)29(21-26-13-9-7-10-14-26)33(22-27-15-11-8-12-16-27)30(35)23-34(39(4,37)38)28-19-24(2)18-25(3)20-28/h7-16,18-20,29H,5-6,17,21-23H2,1-4H3,(H,32,36). The Kier molecular flexibility index (Phi) is 10.7. The van der Waals surface area contributed by atoms with Gasteiger partial charge in [0.1, 0.15) is 12.6 Å². The zero-order valence-electron chi connectivity index (χ0n) is 23.3. The van der Waals surface area contributed by atoms with Gasteiger partial charge in [-0.2, -0.15) is 0 Å². The molecule has 0 fully saturated rings. The summed E-state index contributed by atoms with van der Waals surface area (Å²) >= 11 is 0. The lowest BCUT2D eigenvalue weighted by molar-refractivity contribution is -0.140. The molecule has 0 aliphatic heterocycles. The number of nitrogens with zero attached hydrogens (tertiary/aromatic N) is 2. The molecule has 0 spiro atoms. The van der Waals surface area contributed by atoms with Gasteiger partial charge in [0.15, 0.2) is 0 Å². The first-order valence-electron chi connectivity index (χ1n) is 13.3. The number of carbonyl (C=O) groups is 2. The lowest BCUT2D eigenvalue weighted by Crippen LogP contribution is -2.53. The van der Waals surface area contributed by atoms with Crippen LogP contribution in [0, 0.1) is 13.8 Å². The minimum absolute atomic E-state index is 0.169. The highest BCUT2D eigenvalue weighted by molar-refractivity contribution is 7.92. The zero-order valence-corrected chi connectivity index (χ0v) is 24.1. The van der Waals surface area contributed by atoms with E-state index >= 15 is 0 Å². The molecule has 1 N–H and O–H groups in total. The van der Waals surface area contributed by atoms with Crippen LogP contribution in [0.2, 0.25) is 0 Å². The number of hydrogen-bond acceptors (Lipinski definition) is 4. The molecule has 0 bridgehead atoms. The van der Waals surface area contributed by atoms with Crippen LogP contribution in [0.1, 0.15) is 42.0 Å². The van der Waals surface area contributed by atoms with Crippen molar-refractivity contribution in [3.63, 3.8) is 0 Å². The lowest BCUT2D eigenvalue weighted by atomic mass is 10.0. The smallest absolute Gasteiger partial charge is 0.244 e. The largest absolute Gasteiger partial charge is 0.354 e. The highest BCUT2D eigenvalue weighted by Crippen LogP contribution is 2.23. The second kappa shape index (κ2) is 13.9. The first-order valence-corrected chi connectivity index (χ1v) is 15.1. The molecule has 0 radical (unpaired) electrons. The maximum atomic E-state index is 14.1. The molecule has 0 heterocycles. The van der Waals surface area contributed by atoms with Crippen molar-refractivity contribution in [2.45, 2.75) is 52.6 Å². The van der Waals surface area contributed by atoms with E-state index in [4.69, 9.17) is 0 Å². The van der Waals surface area contributed by atoms with Crippen molar-refractivity contribution in [3.05, 3.63) is 101 Å². The molecule has 208 valence electrons. The molecule has 2 amide bonds. The van der Waals surface area contributed by atoms with Gasteiger partial charge in [0, 0.05) is 19.5 Å². The number of unbranched alkanes of at least 4 members (excludes halogenated alkanes) is 1.